The minimum absolute atomic E-state index is 0.338. The molecular formula is C7H18N4O. The van der Waals surface area contributed by atoms with Gasteiger partial charge < -0.3 is 16.4 Å². The molecule has 0 spiro atoms. The van der Waals surface area contributed by atoms with Gasteiger partial charge in [-0.2, -0.15) is 4.91 Å². The monoisotopic (exact) mass is 174 g/mol. The molecule has 0 rings (SSSR count). The van der Waals surface area contributed by atoms with Crippen LogP contribution in [0.2, 0.25) is 0 Å². The van der Waals surface area contributed by atoms with Crippen LogP contribution in [-0.2, 0) is 0 Å². The van der Waals surface area contributed by atoms with Crippen LogP contribution in [0.3, 0.4) is 0 Å². The molecule has 0 heterocycles. The van der Waals surface area contributed by atoms with Crippen molar-refractivity contribution in [3.05, 3.63) is 4.91 Å². The first-order chi connectivity index (χ1) is 5.85. The van der Waals surface area contributed by atoms with Crippen molar-refractivity contribution in [3.63, 3.8) is 0 Å². The van der Waals surface area contributed by atoms with Crippen molar-refractivity contribution in [2.45, 2.75) is 6.42 Å². The van der Waals surface area contributed by atoms with Crippen molar-refractivity contribution in [1.82, 2.24) is 4.90 Å². The highest BCUT2D eigenvalue weighted by molar-refractivity contribution is 4.60. The third kappa shape index (κ3) is 6.21. The van der Waals surface area contributed by atoms with Crippen LogP contribution in [-0.4, -0.2) is 44.2 Å². The smallest absolute Gasteiger partial charge is 0.0938 e. The van der Waals surface area contributed by atoms with E-state index in [1.165, 1.54) is 0 Å². The number of hydrogen-bond acceptors (Lipinski definition) is 5. The average molecular weight is 174 g/mol. The Morgan fingerprint density at radius 1 is 1.08 bits per heavy atom. The van der Waals surface area contributed by atoms with Crippen molar-refractivity contribution in [1.29, 1.82) is 0 Å². The molecule has 0 aliphatic carbocycles. The van der Waals surface area contributed by atoms with E-state index >= 15 is 0 Å². The largest absolute Gasteiger partial charge is 0.330 e. The number of nitrogens with zero attached hydrogens (tertiary/aromatic N) is 2. The molecule has 5 nitrogen and oxygen atoms in total. The van der Waals surface area contributed by atoms with Crippen molar-refractivity contribution >= 4 is 0 Å². The van der Waals surface area contributed by atoms with E-state index < -0.39 is 0 Å². The molecule has 12 heavy (non-hydrogen) atoms. The Labute approximate surface area is 73.1 Å². The minimum atomic E-state index is 0.338. The van der Waals surface area contributed by atoms with E-state index in [0.717, 1.165) is 19.5 Å². The topological polar surface area (TPSA) is 84.7 Å². The molecule has 72 valence electrons. The molecule has 0 unspecified atom stereocenters. The van der Waals surface area contributed by atoms with Crippen LogP contribution in [0.5, 0.6) is 0 Å². The minimum Gasteiger partial charge on any atom is -0.330 e. The highest BCUT2D eigenvalue weighted by Crippen LogP contribution is 1.89. The van der Waals surface area contributed by atoms with Gasteiger partial charge in [-0.15, -0.1) is 0 Å². The lowest BCUT2D eigenvalue weighted by atomic mass is 10.3. The van der Waals surface area contributed by atoms with Crippen LogP contribution in [0.4, 0.5) is 0 Å². The van der Waals surface area contributed by atoms with Gasteiger partial charge in [0.05, 0.1) is 6.54 Å². The van der Waals surface area contributed by atoms with Gasteiger partial charge in [0.25, 0.3) is 0 Å². The van der Waals surface area contributed by atoms with E-state index in [4.69, 9.17) is 11.5 Å². The third-order valence-corrected chi connectivity index (χ3v) is 1.63. The molecule has 0 aromatic rings. The van der Waals surface area contributed by atoms with Gasteiger partial charge in [0, 0.05) is 19.6 Å². The maximum absolute atomic E-state index is 9.85. The zero-order valence-electron chi connectivity index (χ0n) is 7.41. The Morgan fingerprint density at radius 2 is 1.83 bits per heavy atom. The second kappa shape index (κ2) is 8.58. The maximum Gasteiger partial charge on any atom is 0.0938 e. The van der Waals surface area contributed by atoms with Crippen LogP contribution in [0.25, 0.3) is 0 Å². The molecule has 0 aromatic heterocycles. The highest BCUT2D eigenvalue weighted by Gasteiger charge is 2.01. The van der Waals surface area contributed by atoms with Gasteiger partial charge in [-0.05, 0) is 19.5 Å². The van der Waals surface area contributed by atoms with Gasteiger partial charge in [-0.3, -0.25) is 0 Å². The lowest BCUT2D eigenvalue weighted by molar-refractivity contribution is 0.287. The maximum atomic E-state index is 9.85. The molecule has 0 atom stereocenters. The first-order valence-electron chi connectivity index (χ1n) is 4.26. The summed E-state index contributed by atoms with van der Waals surface area (Å²) in [5, 5.41) is 2.80. The lowest BCUT2D eigenvalue weighted by Crippen LogP contribution is -2.33. The summed E-state index contributed by atoms with van der Waals surface area (Å²) in [6.07, 6.45) is 0.943. The molecule has 0 aliphatic heterocycles. The fraction of sp³-hybridized carbons (Fsp3) is 1.00. The molecule has 0 aromatic carbocycles. The van der Waals surface area contributed by atoms with Crippen LogP contribution >= 0.6 is 0 Å². The Kier molecular flexibility index (Phi) is 8.20. The van der Waals surface area contributed by atoms with E-state index in [2.05, 4.69) is 10.1 Å². The summed E-state index contributed by atoms with van der Waals surface area (Å²) >= 11 is 0. The van der Waals surface area contributed by atoms with E-state index in [0.29, 0.717) is 26.2 Å². The van der Waals surface area contributed by atoms with Crippen LogP contribution in [0.15, 0.2) is 5.18 Å². The SMILES string of the molecule is NCCCN(CCN)CCN=O. The van der Waals surface area contributed by atoms with Gasteiger partial charge >= 0.3 is 0 Å². The summed E-state index contributed by atoms with van der Waals surface area (Å²) in [4.78, 5) is 12.0. The number of hydrogen-bond donors (Lipinski definition) is 2. The first kappa shape index (κ1) is 11.5. The zero-order chi connectivity index (χ0) is 9.23. The predicted molar refractivity (Wildman–Crippen MR) is 49.8 cm³/mol. The fourth-order valence-corrected chi connectivity index (χ4v) is 1.02. The van der Waals surface area contributed by atoms with E-state index in [1.807, 2.05) is 0 Å². The number of nitroso groups, excluding NO2 is 1. The summed E-state index contributed by atoms with van der Waals surface area (Å²) < 4.78 is 0. The van der Waals surface area contributed by atoms with Gasteiger partial charge in [-0.1, -0.05) is 5.18 Å². The van der Waals surface area contributed by atoms with Gasteiger partial charge in [0.15, 0.2) is 0 Å². The third-order valence-electron chi connectivity index (χ3n) is 1.63. The molecule has 0 radical (unpaired) electrons. The molecular weight excluding hydrogens is 156 g/mol. The second-order valence-corrected chi connectivity index (χ2v) is 2.63. The molecule has 0 saturated heterocycles. The van der Waals surface area contributed by atoms with Gasteiger partial charge in [0.1, 0.15) is 0 Å². The summed E-state index contributed by atoms with van der Waals surface area (Å²) in [6, 6.07) is 0. The quantitative estimate of drug-likeness (QED) is 0.479. The molecule has 5 heteroatoms. The lowest BCUT2D eigenvalue weighted by Gasteiger charge is -2.19. The normalized spacial score (nSPS) is 10.6. The van der Waals surface area contributed by atoms with Crippen molar-refractivity contribution in [3.8, 4) is 0 Å². The fourth-order valence-electron chi connectivity index (χ4n) is 1.02. The average Bonchev–Trinajstić information content (AvgIpc) is 2.10. The van der Waals surface area contributed by atoms with Crippen molar-refractivity contribution in [2.24, 2.45) is 16.6 Å². The molecule has 0 aliphatic rings. The summed E-state index contributed by atoms with van der Waals surface area (Å²) in [5.41, 5.74) is 10.7. The molecule has 0 amide bonds. The summed E-state index contributed by atoms with van der Waals surface area (Å²) in [6.45, 7) is 4.04. The first-order valence-corrected chi connectivity index (χ1v) is 4.26. The van der Waals surface area contributed by atoms with E-state index in [9.17, 15) is 4.91 Å². The van der Waals surface area contributed by atoms with Crippen molar-refractivity contribution < 1.29 is 0 Å². The van der Waals surface area contributed by atoms with E-state index in [1.54, 1.807) is 0 Å². The number of nitrogens with two attached hydrogens (primary N) is 2. The van der Waals surface area contributed by atoms with Crippen LogP contribution < -0.4 is 11.5 Å². The number of rotatable bonds is 8. The molecule has 0 bridgehead atoms. The predicted octanol–water partition coefficient (Wildman–Crippen LogP) is -0.638. The van der Waals surface area contributed by atoms with Crippen LogP contribution in [0.1, 0.15) is 6.42 Å². The Morgan fingerprint density at radius 3 is 2.33 bits per heavy atom. The standard InChI is InChI=1S/C7H18N4O/c8-2-1-5-11(6-3-9)7-4-10-12/h1-9H2. The summed E-state index contributed by atoms with van der Waals surface area (Å²) in [5.74, 6) is 0. The zero-order valence-corrected chi connectivity index (χ0v) is 7.41. The molecule has 4 N–H and O–H groups in total. The Balaban J connectivity index is 3.46. The van der Waals surface area contributed by atoms with Gasteiger partial charge in [0.2, 0.25) is 0 Å². The molecule has 0 fully saturated rings. The van der Waals surface area contributed by atoms with Crippen LogP contribution in [0, 0.1) is 4.91 Å². The summed E-state index contributed by atoms with van der Waals surface area (Å²) in [7, 11) is 0. The second-order valence-electron chi connectivity index (χ2n) is 2.63. The Hall–Kier alpha value is -0.520. The van der Waals surface area contributed by atoms with Crippen molar-refractivity contribution in [2.75, 3.05) is 39.3 Å². The Bertz CT molecular complexity index is 110. The molecule has 0 saturated carbocycles. The highest BCUT2D eigenvalue weighted by atomic mass is 16.3. The van der Waals surface area contributed by atoms with Gasteiger partial charge in [-0.25, -0.2) is 0 Å². The van der Waals surface area contributed by atoms with E-state index in [-0.39, 0.29) is 0 Å².